The standard InChI is InChI=1S/C23H25ClFN3O2/c1-14(23(29)27-22-5-3-16(24)11-20(22)25)28-9-7-15(8-10-28)19-13-26-21-6-4-17(30-2)12-18(19)21/h3-6,11-15,26H,7-10H2,1-2H3,(H,27,29). The summed E-state index contributed by atoms with van der Waals surface area (Å²) < 4.78 is 19.4. The van der Waals surface area contributed by atoms with Gasteiger partial charge in [-0.1, -0.05) is 11.6 Å². The van der Waals surface area contributed by atoms with E-state index < -0.39 is 5.82 Å². The van der Waals surface area contributed by atoms with Gasteiger partial charge in [0.05, 0.1) is 18.8 Å². The Hall–Kier alpha value is -2.57. The molecule has 2 heterocycles. The van der Waals surface area contributed by atoms with Gasteiger partial charge in [0.25, 0.3) is 0 Å². The lowest BCUT2D eigenvalue weighted by atomic mass is 9.88. The fourth-order valence-corrected chi connectivity index (χ4v) is 4.34. The van der Waals surface area contributed by atoms with E-state index >= 15 is 0 Å². The first-order valence-corrected chi connectivity index (χ1v) is 10.5. The number of piperidine rings is 1. The van der Waals surface area contributed by atoms with Gasteiger partial charge in [-0.2, -0.15) is 0 Å². The number of hydrogen-bond acceptors (Lipinski definition) is 3. The Balaban J connectivity index is 1.40. The molecule has 4 rings (SSSR count). The highest BCUT2D eigenvalue weighted by Gasteiger charge is 2.28. The van der Waals surface area contributed by atoms with Crippen molar-refractivity contribution in [3.05, 3.63) is 59.0 Å². The van der Waals surface area contributed by atoms with E-state index in [1.165, 1.54) is 23.1 Å². The molecule has 158 valence electrons. The number of ether oxygens (including phenoxy) is 1. The molecule has 30 heavy (non-hydrogen) atoms. The Morgan fingerprint density at radius 3 is 2.73 bits per heavy atom. The summed E-state index contributed by atoms with van der Waals surface area (Å²) in [6.45, 7) is 3.47. The number of amides is 1. The number of methoxy groups -OCH3 is 1. The van der Waals surface area contributed by atoms with Crippen LogP contribution in [-0.4, -0.2) is 42.0 Å². The molecule has 2 N–H and O–H groups in total. The zero-order valence-corrected chi connectivity index (χ0v) is 17.8. The smallest absolute Gasteiger partial charge is 0.241 e. The minimum Gasteiger partial charge on any atom is -0.497 e. The Kier molecular flexibility index (Phi) is 5.97. The van der Waals surface area contributed by atoms with E-state index in [1.807, 2.05) is 19.1 Å². The average Bonchev–Trinajstić information content (AvgIpc) is 3.18. The summed E-state index contributed by atoms with van der Waals surface area (Å²) in [4.78, 5) is 18.1. The summed E-state index contributed by atoms with van der Waals surface area (Å²) in [5, 5.41) is 4.17. The van der Waals surface area contributed by atoms with Gasteiger partial charge in [0.1, 0.15) is 11.6 Å². The summed E-state index contributed by atoms with van der Waals surface area (Å²) in [5.74, 6) is 0.523. The second-order valence-electron chi connectivity index (χ2n) is 7.76. The van der Waals surface area contributed by atoms with Crippen LogP contribution in [0.3, 0.4) is 0 Å². The topological polar surface area (TPSA) is 57.4 Å². The number of halogens is 2. The monoisotopic (exact) mass is 429 g/mol. The first-order valence-electron chi connectivity index (χ1n) is 10.1. The van der Waals surface area contributed by atoms with Gasteiger partial charge in [-0.25, -0.2) is 4.39 Å². The van der Waals surface area contributed by atoms with Gasteiger partial charge in [-0.15, -0.1) is 0 Å². The molecule has 1 saturated heterocycles. The number of fused-ring (bicyclic) bond motifs is 1. The van der Waals surface area contributed by atoms with Gasteiger partial charge in [-0.3, -0.25) is 9.69 Å². The van der Waals surface area contributed by atoms with E-state index in [9.17, 15) is 9.18 Å². The third kappa shape index (κ3) is 4.16. The van der Waals surface area contributed by atoms with E-state index in [4.69, 9.17) is 16.3 Å². The first-order chi connectivity index (χ1) is 14.5. The number of carbonyl (C=O) groups is 1. The lowest BCUT2D eigenvalue weighted by Gasteiger charge is -2.35. The van der Waals surface area contributed by atoms with Gasteiger partial charge in [-0.05, 0) is 80.7 Å². The van der Waals surface area contributed by atoms with Crippen LogP contribution in [0.1, 0.15) is 31.2 Å². The summed E-state index contributed by atoms with van der Waals surface area (Å²) in [5.41, 5.74) is 2.55. The van der Waals surface area contributed by atoms with Crippen LogP contribution in [0.2, 0.25) is 5.02 Å². The van der Waals surface area contributed by atoms with E-state index in [0.29, 0.717) is 10.9 Å². The molecule has 5 nitrogen and oxygen atoms in total. The number of likely N-dealkylation sites (tertiary alicyclic amines) is 1. The molecule has 1 atom stereocenters. The molecule has 1 unspecified atom stereocenters. The number of H-pyrrole nitrogens is 1. The molecule has 1 aliphatic rings. The Bertz CT molecular complexity index is 1060. The maximum absolute atomic E-state index is 14.0. The van der Waals surface area contributed by atoms with Crippen molar-refractivity contribution in [2.75, 3.05) is 25.5 Å². The summed E-state index contributed by atoms with van der Waals surface area (Å²) >= 11 is 5.78. The van der Waals surface area contributed by atoms with Gasteiger partial charge in [0.2, 0.25) is 5.91 Å². The lowest BCUT2D eigenvalue weighted by molar-refractivity contribution is -0.121. The number of benzene rings is 2. The van der Waals surface area contributed by atoms with Crippen LogP contribution in [-0.2, 0) is 4.79 Å². The molecule has 1 aliphatic heterocycles. The molecular weight excluding hydrogens is 405 g/mol. The SMILES string of the molecule is COc1ccc2[nH]cc(C3CCN(C(C)C(=O)Nc4ccc(Cl)cc4F)CC3)c2c1. The number of rotatable bonds is 5. The molecule has 0 aliphatic carbocycles. The minimum absolute atomic E-state index is 0.152. The highest BCUT2D eigenvalue weighted by molar-refractivity contribution is 6.30. The van der Waals surface area contributed by atoms with Gasteiger partial charge < -0.3 is 15.0 Å². The Morgan fingerprint density at radius 2 is 2.03 bits per heavy atom. The van der Waals surface area contributed by atoms with E-state index in [-0.39, 0.29) is 17.6 Å². The molecule has 0 radical (unpaired) electrons. The summed E-state index contributed by atoms with van der Waals surface area (Å²) in [6, 6.07) is 9.97. The molecule has 1 fully saturated rings. The molecule has 7 heteroatoms. The van der Waals surface area contributed by atoms with Crippen LogP contribution in [0.5, 0.6) is 5.75 Å². The Morgan fingerprint density at radius 1 is 1.27 bits per heavy atom. The first kappa shape index (κ1) is 20.7. The number of nitrogens with one attached hydrogen (secondary N) is 2. The van der Waals surface area contributed by atoms with Crippen molar-refractivity contribution in [2.24, 2.45) is 0 Å². The second-order valence-corrected chi connectivity index (χ2v) is 8.19. The molecule has 3 aromatic rings. The van der Waals surface area contributed by atoms with Crippen molar-refractivity contribution in [2.45, 2.75) is 31.7 Å². The van der Waals surface area contributed by atoms with Gasteiger partial charge in [0.15, 0.2) is 0 Å². The molecule has 0 spiro atoms. The normalized spacial score (nSPS) is 16.5. The molecule has 0 saturated carbocycles. The number of anilines is 1. The third-order valence-corrected chi connectivity index (χ3v) is 6.24. The van der Waals surface area contributed by atoms with Crippen LogP contribution in [0.15, 0.2) is 42.6 Å². The van der Waals surface area contributed by atoms with E-state index in [1.54, 1.807) is 13.2 Å². The lowest BCUT2D eigenvalue weighted by Crippen LogP contribution is -2.45. The quantitative estimate of drug-likeness (QED) is 0.587. The van der Waals surface area contributed by atoms with Crippen molar-refractivity contribution in [3.63, 3.8) is 0 Å². The largest absolute Gasteiger partial charge is 0.497 e. The van der Waals surface area contributed by atoms with Crippen molar-refractivity contribution in [1.29, 1.82) is 0 Å². The Labute approximate surface area is 180 Å². The van der Waals surface area contributed by atoms with Crippen LogP contribution in [0.4, 0.5) is 10.1 Å². The van der Waals surface area contributed by atoms with E-state index in [0.717, 1.165) is 37.2 Å². The maximum atomic E-state index is 14.0. The zero-order valence-electron chi connectivity index (χ0n) is 17.0. The number of carbonyl (C=O) groups excluding carboxylic acids is 1. The predicted octanol–water partition coefficient (Wildman–Crippen LogP) is 5.18. The molecule has 2 aromatic carbocycles. The zero-order chi connectivity index (χ0) is 21.3. The van der Waals surface area contributed by atoms with Crippen LogP contribution in [0, 0.1) is 5.82 Å². The van der Waals surface area contributed by atoms with Crippen molar-refractivity contribution in [3.8, 4) is 5.75 Å². The fraction of sp³-hybridized carbons (Fsp3) is 0.348. The number of nitrogens with zero attached hydrogens (tertiary/aromatic N) is 1. The predicted molar refractivity (Wildman–Crippen MR) is 118 cm³/mol. The third-order valence-electron chi connectivity index (χ3n) is 6.01. The number of hydrogen-bond donors (Lipinski definition) is 2. The highest BCUT2D eigenvalue weighted by atomic mass is 35.5. The van der Waals surface area contributed by atoms with Crippen molar-refractivity contribution in [1.82, 2.24) is 9.88 Å². The van der Waals surface area contributed by atoms with Crippen LogP contribution < -0.4 is 10.1 Å². The summed E-state index contributed by atoms with van der Waals surface area (Å²) in [7, 11) is 1.67. The maximum Gasteiger partial charge on any atom is 0.241 e. The average molecular weight is 430 g/mol. The minimum atomic E-state index is -0.531. The molecule has 1 amide bonds. The van der Waals surface area contributed by atoms with Crippen LogP contribution in [0.25, 0.3) is 10.9 Å². The van der Waals surface area contributed by atoms with Gasteiger partial charge in [0, 0.05) is 22.1 Å². The highest BCUT2D eigenvalue weighted by Crippen LogP contribution is 2.35. The fourth-order valence-electron chi connectivity index (χ4n) is 4.18. The molecule has 0 bridgehead atoms. The molecule has 1 aromatic heterocycles. The van der Waals surface area contributed by atoms with Crippen LogP contribution >= 0.6 is 11.6 Å². The van der Waals surface area contributed by atoms with Crippen molar-refractivity contribution >= 4 is 34.1 Å². The number of aromatic nitrogens is 1. The van der Waals surface area contributed by atoms with E-state index in [2.05, 4.69) is 27.5 Å². The van der Waals surface area contributed by atoms with Gasteiger partial charge >= 0.3 is 0 Å². The second kappa shape index (κ2) is 8.66. The summed E-state index contributed by atoms with van der Waals surface area (Å²) in [6.07, 6.45) is 4.00. The molecular formula is C23H25ClFN3O2. The van der Waals surface area contributed by atoms with Crippen molar-refractivity contribution < 1.29 is 13.9 Å². The number of aromatic amines is 1.